The number of carbonyl (C=O) groups excluding carboxylic acids is 4. The molecule has 2 aromatic carbocycles. The number of imide groups is 1. The largest absolute Gasteiger partial charge is 0.497 e. The number of nitrogens with one attached hydrogen (secondary N) is 2. The summed E-state index contributed by atoms with van der Waals surface area (Å²) in [4.78, 5) is 53.4. The number of nitrogens with zero attached hydrogens (tertiary/aromatic N) is 1. The van der Waals surface area contributed by atoms with Gasteiger partial charge in [0.2, 0.25) is 23.6 Å². The first-order valence-electron chi connectivity index (χ1n) is 10.4. The Kier molecular flexibility index (Phi) is 4.91. The molecule has 2 fully saturated rings. The second-order valence-electron chi connectivity index (χ2n) is 8.49. The number of ether oxygens (including phenoxy) is 1. The van der Waals surface area contributed by atoms with Gasteiger partial charge < -0.3 is 15.8 Å². The van der Waals surface area contributed by atoms with E-state index in [9.17, 15) is 19.2 Å². The van der Waals surface area contributed by atoms with E-state index in [2.05, 4.69) is 10.6 Å². The Morgan fingerprint density at radius 1 is 1.15 bits per heavy atom. The second-order valence-corrected chi connectivity index (χ2v) is 8.92. The van der Waals surface area contributed by atoms with E-state index in [1.807, 2.05) is 0 Å². The molecule has 0 saturated carbocycles. The fourth-order valence-corrected chi connectivity index (χ4v) is 5.47. The summed E-state index contributed by atoms with van der Waals surface area (Å²) in [5, 5.41) is 6.30. The average molecular weight is 469 g/mol. The van der Waals surface area contributed by atoms with Gasteiger partial charge in [0.05, 0.1) is 25.5 Å². The van der Waals surface area contributed by atoms with Gasteiger partial charge in [0, 0.05) is 28.7 Å². The second kappa shape index (κ2) is 7.57. The van der Waals surface area contributed by atoms with Crippen LogP contribution in [0, 0.1) is 11.8 Å². The Bertz CT molecular complexity index is 1200. The van der Waals surface area contributed by atoms with E-state index in [0.717, 1.165) is 10.5 Å². The Morgan fingerprint density at radius 3 is 2.55 bits per heavy atom. The highest BCUT2D eigenvalue weighted by molar-refractivity contribution is 6.31. The van der Waals surface area contributed by atoms with Gasteiger partial charge in [-0.15, -0.1) is 0 Å². The van der Waals surface area contributed by atoms with E-state index in [0.29, 0.717) is 22.0 Å². The molecule has 0 unspecified atom stereocenters. The van der Waals surface area contributed by atoms with Crippen LogP contribution < -0.4 is 21.1 Å². The lowest BCUT2D eigenvalue weighted by Crippen LogP contribution is -2.53. The van der Waals surface area contributed by atoms with Gasteiger partial charge in [0.1, 0.15) is 11.3 Å². The predicted molar refractivity (Wildman–Crippen MR) is 118 cm³/mol. The molecular weight excluding hydrogens is 448 g/mol. The molecule has 4 atom stereocenters. The van der Waals surface area contributed by atoms with Gasteiger partial charge in [-0.25, -0.2) is 0 Å². The first kappa shape index (κ1) is 21.4. The molecule has 3 aliphatic rings. The molecular formula is C23H21ClN4O5. The fourth-order valence-electron chi connectivity index (χ4n) is 5.29. The summed E-state index contributed by atoms with van der Waals surface area (Å²) in [7, 11) is 1.55. The van der Waals surface area contributed by atoms with E-state index in [-0.39, 0.29) is 13.0 Å². The summed E-state index contributed by atoms with van der Waals surface area (Å²) in [6.07, 6.45) is -0.193. The molecule has 0 radical (unpaired) electrons. The van der Waals surface area contributed by atoms with Gasteiger partial charge in [-0.3, -0.25) is 29.4 Å². The van der Waals surface area contributed by atoms with Crippen LogP contribution in [0.3, 0.4) is 0 Å². The molecule has 0 aliphatic carbocycles. The van der Waals surface area contributed by atoms with Crippen molar-refractivity contribution >= 4 is 40.9 Å². The van der Waals surface area contributed by atoms with E-state index >= 15 is 0 Å². The third-order valence-corrected chi connectivity index (χ3v) is 6.92. The summed E-state index contributed by atoms with van der Waals surface area (Å²) in [6, 6.07) is 11.1. The molecule has 2 saturated heterocycles. The molecule has 4 amide bonds. The first-order valence-corrected chi connectivity index (χ1v) is 10.8. The minimum Gasteiger partial charge on any atom is -0.497 e. The van der Waals surface area contributed by atoms with Crippen LogP contribution in [0.5, 0.6) is 5.75 Å². The van der Waals surface area contributed by atoms with Crippen molar-refractivity contribution in [3.8, 4) is 5.75 Å². The lowest BCUT2D eigenvalue weighted by Gasteiger charge is -2.29. The number of benzene rings is 2. The Balaban J connectivity index is 1.57. The van der Waals surface area contributed by atoms with Gasteiger partial charge in [-0.05, 0) is 35.9 Å². The Hall–Kier alpha value is -3.43. The monoisotopic (exact) mass is 468 g/mol. The topological polar surface area (TPSA) is 131 Å². The Morgan fingerprint density at radius 2 is 1.88 bits per heavy atom. The van der Waals surface area contributed by atoms with Crippen molar-refractivity contribution in [2.24, 2.45) is 17.6 Å². The van der Waals surface area contributed by atoms with Crippen molar-refractivity contribution in [3.05, 3.63) is 58.6 Å². The van der Waals surface area contributed by atoms with Gasteiger partial charge in [-0.1, -0.05) is 23.7 Å². The summed E-state index contributed by atoms with van der Waals surface area (Å²) in [5.41, 5.74) is 5.63. The molecule has 2 aromatic rings. The standard InChI is InChI=1S/C23H21ClN4O5/c1-33-13-5-2-11(3-6-13)10-28-20(30)18-16(9-17(25)29)27-23(19(18)21(28)31)14-8-12(24)4-7-15(14)26-22(23)32/h2-8,16,18-19,27H,9-10H2,1H3,(H2,25,29)(H,26,32)/t16-,18+,19-,23+/m0/s1. The summed E-state index contributed by atoms with van der Waals surface area (Å²) in [6.45, 7) is 0.0397. The third kappa shape index (κ3) is 3.11. The van der Waals surface area contributed by atoms with Crippen molar-refractivity contribution in [2.45, 2.75) is 24.5 Å². The van der Waals surface area contributed by atoms with Crippen LogP contribution in [0.25, 0.3) is 0 Å². The van der Waals surface area contributed by atoms with Gasteiger partial charge in [-0.2, -0.15) is 0 Å². The molecule has 1 spiro atoms. The predicted octanol–water partition coefficient (Wildman–Crippen LogP) is 1.14. The van der Waals surface area contributed by atoms with Crippen molar-refractivity contribution in [1.82, 2.24) is 10.2 Å². The number of methoxy groups -OCH3 is 1. The van der Waals surface area contributed by atoms with E-state index < -0.39 is 47.0 Å². The number of halogens is 1. The molecule has 3 aliphatic heterocycles. The highest BCUT2D eigenvalue weighted by Crippen LogP contribution is 2.53. The van der Waals surface area contributed by atoms with Crippen LogP contribution in [0.4, 0.5) is 5.69 Å². The van der Waals surface area contributed by atoms with Gasteiger partial charge in [0.25, 0.3) is 0 Å². The van der Waals surface area contributed by atoms with Crippen molar-refractivity contribution in [2.75, 3.05) is 12.4 Å². The fraction of sp³-hybridized carbons (Fsp3) is 0.304. The normalized spacial score (nSPS) is 27.6. The third-order valence-electron chi connectivity index (χ3n) is 6.69. The molecule has 9 nitrogen and oxygen atoms in total. The Labute approximate surface area is 194 Å². The number of nitrogens with two attached hydrogens (primary N) is 1. The molecule has 170 valence electrons. The van der Waals surface area contributed by atoms with E-state index in [1.54, 1.807) is 49.6 Å². The first-order chi connectivity index (χ1) is 15.8. The zero-order valence-corrected chi connectivity index (χ0v) is 18.4. The SMILES string of the molecule is COc1ccc(CN2C(=O)[C@@H]3[C@H](CC(N)=O)N[C@@]4(C(=O)Nc5ccc(Cl)cc54)[C@@H]3C2=O)cc1. The molecule has 5 rings (SSSR count). The molecule has 0 aromatic heterocycles. The molecule has 4 N–H and O–H groups in total. The number of hydrogen-bond acceptors (Lipinski definition) is 6. The van der Waals surface area contributed by atoms with Crippen molar-refractivity contribution in [1.29, 1.82) is 0 Å². The number of carbonyl (C=O) groups is 4. The van der Waals surface area contributed by atoms with Crippen LogP contribution in [0.1, 0.15) is 17.5 Å². The zero-order chi connectivity index (χ0) is 23.5. The smallest absolute Gasteiger partial charge is 0.250 e. The summed E-state index contributed by atoms with van der Waals surface area (Å²) < 4.78 is 5.16. The molecule has 3 heterocycles. The van der Waals surface area contributed by atoms with Crippen LogP contribution in [-0.2, 0) is 31.3 Å². The molecule has 0 bridgehead atoms. The number of hydrogen-bond donors (Lipinski definition) is 3. The highest BCUT2D eigenvalue weighted by atomic mass is 35.5. The molecule has 33 heavy (non-hydrogen) atoms. The lowest BCUT2D eigenvalue weighted by molar-refractivity contribution is -0.143. The average Bonchev–Trinajstić information content (AvgIpc) is 3.34. The van der Waals surface area contributed by atoms with E-state index in [4.69, 9.17) is 22.1 Å². The number of anilines is 1. The van der Waals surface area contributed by atoms with Crippen LogP contribution in [0.15, 0.2) is 42.5 Å². The lowest BCUT2D eigenvalue weighted by atomic mass is 9.76. The van der Waals surface area contributed by atoms with Gasteiger partial charge in [0.15, 0.2) is 0 Å². The zero-order valence-electron chi connectivity index (χ0n) is 17.6. The highest BCUT2D eigenvalue weighted by Gasteiger charge is 2.70. The number of rotatable bonds is 5. The van der Waals surface area contributed by atoms with Crippen LogP contribution in [-0.4, -0.2) is 41.7 Å². The number of fused-ring (bicyclic) bond motifs is 4. The van der Waals surface area contributed by atoms with Crippen molar-refractivity contribution < 1.29 is 23.9 Å². The molecule has 10 heteroatoms. The number of amides is 4. The van der Waals surface area contributed by atoms with E-state index in [1.165, 1.54) is 0 Å². The maximum Gasteiger partial charge on any atom is 0.250 e. The van der Waals surface area contributed by atoms with Crippen LogP contribution >= 0.6 is 11.6 Å². The maximum atomic E-state index is 13.7. The van der Waals surface area contributed by atoms with Gasteiger partial charge >= 0.3 is 0 Å². The quantitative estimate of drug-likeness (QED) is 0.564. The maximum absolute atomic E-state index is 13.7. The number of primary amides is 1. The minimum atomic E-state index is -1.52. The summed E-state index contributed by atoms with van der Waals surface area (Å²) in [5.74, 6) is -3.33. The summed E-state index contributed by atoms with van der Waals surface area (Å²) >= 11 is 6.21. The van der Waals surface area contributed by atoms with Crippen molar-refractivity contribution in [3.63, 3.8) is 0 Å². The minimum absolute atomic E-state index is 0.0397. The van der Waals surface area contributed by atoms with Crippen LogP contribution in [0.2, 0.25) is 5.02 Å². The number of likely N-dealkylation sites (tertiary alicyclic amines) is 1.